The molecule has 0 radical (unpaired) electrons. The van der Waals surface area contributed by atoms with Crippen LogP contribution in [0.3, 0.4) is 0 Å². The van der Waals surface area contributed by atoms with Gasteiger partial charge in [-0.1, -0.05) is 13.8 Å². The van der Waals surface area contributed by atoms with Crippen LogP contribution < -0.4 is 11.1 Å². The minimum absolute atomic E-state index is 0. The molecular formula is C14H21ClF2N2O. The van der Waals surface area contributed by atoms with E-state index < -0.39 is 17.0 Å². The third kappa shape index (κ3) is 4.15. The fourth-order valence-electron chi connectivity index (χ4n) is 1.99. The van der Waals surface area contributed by atoms with Crippen LogP contribution in [0.5, 0.6) is 0 Å². The number of rotatable bonds is 6. The largest absolute Gasteiger partial charge is 0.351 e. The summed E-state index contributed by atoms with van der Waals surface area (Å²) in [6.45, 7) is 3.97. The zero-order valence-corrected chi connectivity index (χ0v) is 12.5. The summed E-state index contributed by atoms with van der Waals surface area (Å²) >= 11 is 0. The summed E-state index contributed by atoms with van der Waals surface area (Å²) in [5, 5.41) is 2.64. The highest BCUT2D eigenvalue weighted by molar-refractivity contribution is 5.85. The average molecular weight is 307 g/mol. The summed E-state index contributed by atoms with van der Waals surface area (Å²) in [4.78, 5) is 12.1. The molecule has 0 heterocycles. The molecule has 0 saturated carbocycles. The first kappa shape index (κ1) is 18.8. The van der Waals surface area contributed by atoms with Crippen LogP contribution in [-0.4, -0.2) is 12.5 Å². The van der Waals surface area contributed by atoms with Crippen LogP contribution in [0, 0.1) is 17.0 Å². The fraction of sp³-hybridized carbons (Fsp3) is 0.500. The van der Waals surface area contributed by atoms with Gasteiger partial charge in [-0.3, -0.25) is 4.79 Å². The number of nitrogens with one attached hydrogen (secondary N) is 1. The molecule has 0 fully saturated rings. The van der Waals surface area contributed by atoms with Crippen molar-refractivity contribution >= 4 is 18.3 Å². The molecule has 1 rings (SSSR count). The Hall–Kier alpha value is -1.20. The minimum atomic E-state index is -0.635. The number of amides is 1. The molecule has 3 N–H and O–H groups in total. The van der Waals surface area contributed by atoms with E-state index in [1.165, 1.54) is 0 Å². The first-order chi connectivity index (χ1) is 8.99. The maximum absolute atomic E-state index is 13.4. The lowest BCUT2D eigenvalue weighted by Gasteiger charge is -2.28. The maximum atomic E-state index is 13.4. The number of halogens is 3. The van der Waals surface area contributed by atoms with Crippen molar-refractivity contribution in [2.45, 2.75) is 33.2 Å². The van der Waals surface area contributed by atoms with Gasteiger partial charge >= 0.3 is 0 Å². The first-order valence-electron chi connectivity index (χ1n) is 6.41. The molecule has 1 amide bonds. The van der Waals surface area contributed by atoms with Crippen LogP contribution in [0.25, 0.3) is 0 Å². The van der Waals surface area contributed by atoms with Crippen molar-refractivity contribution < 1.29 is 13.6 Å². The summed E-state index contributed by atoms with van der Waals surface area (Å²) in [7, 11) is 0. The second kappa shape index (κ2) is 8.17. The Balaban J connectivity index is 0.00000361. The van der Waals surface area contributed by atoms with Crippen molar-refractivity contribution in [1.29, 1.82) is 0 Å². The van der Waals surface area contributed by atoms with E-state index in [2.05, 4.69) is 5.32 Å². The van der Waals surface area contributed by atoms with Gasteiger partial charge in [0.15, 0.2) is 0 Å². The van der Waals surface area contributed by atoms with E-state index in [-0.39, 0.29) is 37.0 Å². The number of carbonyl (C=O) groups is 1. The van der Waals surface area contributed by atoms with Crippen LogP contribution in [0.15, 0.2) is 18.2 Å². The smallest absolute Gasteiger partial charge is 0.227 e. The van der Waals surface area contributed by atoms with E-state index in [9.17, 15) is 13.6 Å². The predicted octanol–water partition coefficient (Wildman–Crippen LogP) is 2.77. The topological polar surface area (TPSA) is 55.1 Å². The Morgan fingerprint density at radius 3 is 2.40 bits per heavy atom. The molecule has 0 atom stereocenters. The van der Waals surface area contributed by atoms with Crippen molar-refractivity contribution in [3.05, 3.63) is 35.4 Å². The molecule has 0 saturated heterocycles. The highest BCUT2D eigenvalue weighted by Crippen LogP contribution is 2.25. The third-order valence-electron chi connectivity index (χ3n) is 3.67. The second-order valence-corrected chi connectivity index (χ2v) is 4.61. The number of hydrogen-bond acceptors (Lipinski definition) is 2. The van der Waals surface area contributed by atoms with E-state index in [0.717, 1.165) is 18.2 Å². The molecule has 0 spiro atoms. The van der Waals surface area contributed by atoms with Gasteiger partial charge in [0.1, 0.15) is 11.6 Å². The molecule has 114 valence electrons. The molecule has 0 aliphatic rings. The number of carbonyl (C=O) groups excluding carboxylic acids is 1. The van der Waals surface area contributed by atoms with Crippen molar-refractivity contribution in [3.8, 4) is 0 Å². The van der Waals surface area contributed by atoms with Crippen molar-refractivity contribution in [1.82, 2.24) is 5.32 Å². The lowest BCUT2D eigenvalue weighted by Crippen LogP contribution is -2.45. The van der Waals surface area contributed by atoms with E-state index in [1.807, 2.05) is 13.8 Å². The third-order valence-corrected chi connectivity index (χ3v) is 3.67. The molecule has 0 unspecified atom stereocenters. The quantitative estimate of drug-likeness (QED) is 0.849. The van der Waals surface area contributed by atoms with Crippen LogP contribution >= 0.6 is 12.4 Å². The van der Waals surface area contributed by atoms with Crippen LogP contribution in [0.2, 0.25) is 0 Å². The lowest BCUT2D eigenvalue weighted by atomic mass is 9.81. The molecule has 0 aliphatic heterocycles. The number of nitrogens with two attached hydrogens (primary N) is 1. The van der Waals surface area contributed by atoms with Gasteiger partial charge in [0.05, 0.1) is 5.41 Å². The maximum Gasteiger partial charge on any atom is 0.227 e. The Morgan fingerprint density at radius 1 is 1.30 bits per heavy atom. The van der Waals surface area contributed by atoms with Crippen molar-refractivity contribution in [2.75, 3.05) is 6.54 Å². The standard InChI is InChI=1S/C14H20F2N2O.ClH/c1-3-14(4-2,9-17)13(19)18-8-10-7-11(15)5-6-12(10)16;/h5-7H,3-4,8-9,17H2,1-2H3,(H,18,19);1H. The van der Waals surface area contributed by atoms with Crippen LogP contribution in [-0.2, 0) is 11.3 Å². The predicted molar refractivity (Wildman–Crippen MR) is 77.5 cm³/mol. The minimum Gasteiger partial charge on any atom is -0.351 e. The first-order valence-corrected chi connectivity index (χ1v) is 6.41. The Bertz CT molecular complexity index is 443. The molecule has 0 aromatic heterocycles. The van der Waals surface area contributed by atoms with E-state index >= 15 is 0 Å². The Kier molecular flexibility index (Phi) is 7.68. The second-order valence-electron chi connectivity index (χ2n) is 4.61. The van der Waals surface area contributed by atoms with E-state index in [4.69, 9.17) is 5.73 Å². The van der Waals surface area contributed by atoms with Gasteiger partial charge in [0, 0.05) is 18.7 Å². The van der Waals surface area contributed by atoms with Gasteiger partial charge in [-0.2, -0.15) is 0 Å². The summed E-state index contributed by atoms with van der Waals surface area (Å²) < 4.78 is 26.4. The van der Waals surface area contributed by atoms with Gasteiger partial charge in [0.25, 0.3) is 0 Å². The van der Waals surface area contributed by atoms with Gasteiger partial charge in [-0.15, -0.1) is 12.4 Å². The molecule has 0 aliphatic carbocycles. The summed E-state index contributed by atoms with van der Waals surface area (Å²) in [5.74, 6) is -1.28. The summed E-state index contributed by atoms with van der Waals surface area (Å²) in [6.07, 6.45) is 1.22. The number of benzene rings is 1. The molecule has 1 aromatic rings. The normalized spacial score (nSPS) is 10.8. The highest BCUT2D eigenvalue weighted by Gasteiger charge is 2.33. The SMILES string of the molecule is CCC(CC)(CN)C(=O)NCc1cc(F)ccc1F.Cl. The fourth-order valence-corrected chi connectivity index (χ4v) is 1.99. The molecular weight excluding hydrogens is 286 g/mol. The molecule has 6 heteroatoms. The monoisotopic (exact) mass is 306 g/mol. The van der Waals surface area contributed by atoms with Crippen molar-refractivity contribution in [3.63, 3.8) is 0 Å². The van der Waals surface area contributed by atoms with Gasteiger partial charge in [-0.25, -0.2) is 8.78 Å². The van der Waals surface area contributed by atoms with Crippen molar-refractivity contribution in [2.24, 2.45) is 11.1 Å². The average Bonchev–Trinajstić information content (AvgIpc) is 2.42. The van der Waals surface area contributed by atoms with Gasteiger partial charge in [0.2, 0.25) is 5.91 Å². The van der Waals surface area contributed by atoms with Crippen LogP contribution in [0.4, 0.5) is 8.78 Å². The zero-order valence-electron chi connectivity index (χ0n) is 11.7. The molecule has 1 aromatic carbocycles. The van der Waals surface area contributed by atoms with Gasteiger partial charge < -0.3 is 11.1 Å². The van der Waals surface area contributed by atoms with Gasteiger partial charge in [-0.05, 0) is 31.0 Å². The van der Waals surface area contributed by atoms with E-state index in [1.54, 1.807) is 0 Å². The Labute approximate surface area is 124 Å². The summed E-state index contributed by atoms with van der Waals surface area (Å²) in [5.41, 5.74) is 5.15. The van der Waals surface area contributed by atoms with E-state index in [0.29, 0.717) is 12.8 Å². The number of hydrogen-bond donors (Lipinski definition) is 2. The summed E-state index contributed by atoms with van der Waals surface area (Å²) in [6, 6.07) is 3.17. The molecule has 0 bridgehead atoms. The Morgan fingerprint density at radius 2 is 1.90 bits per heavy atom. The van der Waals surface area contributed by atoms with Crippen LogP contribution in [0.1, 0.15) is 32.3 Å². The molecule has 20 heavy (non-hydrogen) atoms. The lowest BCUT2D eigenvalue weighted by molar-refractivity contribution is -0.131. The highest BCUT2D eigenvalue weighted by atomic mass is 35.5. The zero-order chi connectivity index (χ0) is 14.5. The molecule has 3 nitrogen and oxygen atoms in total.